The summed E-state index contributed by atoms with van der Waals surface area (Å²) in [6, 6.07) is 6.25. The van der Waals surface area contributed by atoms with Crippen LogP contribution in [0.15, 0.2) is 29.4 Å². The van der Waals surface area contributed by atoms with E-state index in [1.165, 1.54) is 12.1 Å². The van der Waals surface area contributed by atoms with Gasteiger partial charge >= 0.3 is 5.97 Å². The summed E-state index contributed by atoms with van der Waals surface area (Å²) in [5, 5.41) is 17.6. The SMILES string of the molecule is CCCn1c(Cc2ccc(F)cc2)nnc1SCC(=O)O. The first-order valence-electron chi connectivity index (χ1n) is 6.61. The van der Waals surface area contributed by atoms with Crippen LogP contribution in [0.3, 0.4) is 0 Å². The molecular weight excluding hydrogens is 293 g/mol. The number of nitrogens with zero attached hydrogens (tertiary/aromatic N) is 3. The fourth-order valence-corrected chi connectivity index (χ4v) is 2.62. The minimum absolute atomic E-state index is 0.0433. The summed E-state index contributed by atoms with van der Waals surface area (Å²) in [6.07, 6.45) is 1.44. The Balaban J connectivity index is 2.18. The lowest BCUT2D eigenvalue weighted by Crippen LogP contribution is -2.07. The summed E-state index contributed by atoms with van der Waals surface area (Å²) >= 11 is 1.16. The topological polar surface area (TPSA) is 68.0 Å². The van der Waals surface area contributed by atoms with Gasteiger partial charge < -0.3 is 9.67 Å². The molecule has 5 nitrogen and oxygen atoms in total. The van der Waals surface area contributed by atoms with Crippen molar-refractivity contribution < 1.29 is 14.3 Å². The zero-order valence-corrected chi connectivity index (χ0v) is 12.4. The van der Waals surface area contributed by atoms with Crippen LogP contribution in [0.25, 0.3) is 0 Å². The molecule has 1 N–H and O–H groups in total. The number of hydrogen-bond acceptors (Lipinski definition) is 4. The predicted octanol–water partition coefficient (Wildman–Crippen LogP) is 2.59. The second-order valence-electron chi connectivity index (χ2n) is 4.54. The van der Waals surface area contributed by atoms with Crippen LogP contribution in [0.1, 0.15) is 24.7 Å². The fraction of sp³-hybridized carbons (Fsp3) is 0.357. The highest BCUT2D eigenvalue weighted by atomic mass is 32.2. The molecule has 0 aliphatic rings. The van der Waals surface area contributed by atoms with Gasteiger partial charge in [0.2, 0.25) is 0 Å². The molecule has 2 rings (SSSR count). The average Bonchev–Trinajstić information content (AvgIpc) is 2.82. The smallest absolute Gasteiger partial charge is 0.313 e. The number of hydrogen-bond donors (Lipinski definition) is 1. The summed E-state index contributed by atoms with van der Waals surface area (Å²) in [4.78, 5) is 10.7. The first kappa shape index (κ1) is 15.5. The minimum Gasteiger partial charge on any atom is -0.481 e. The van der Waals surface area contributed by atoms with E-state index in [9.17, 15) is 9.18 Å². The normalized spacial score (nSPS) is 10.8. The van der Waals surface area contributed by atoms with Crippen molar-refractivity contribution >= 4 is 17.7 Å². The molecule has 21 heavy (non-hydrogen) atoms. The lowest BCUT2D eigenvalue weighted by atomic mass is 10.1. The van der Waals surface area contributed by atoms with Crippen LogP contribution in [0.5, 0.6) is 0 Å². The van der Waals surface area contributed by atoms with Gasteiger partial charge in [-0.3, -0.25) is 4.79 Å². The molecule has 0 bridgehead atoms. The maximum absolute atomic E-state index is 12.9. The van der Waals surface area contributed by atoms with E-state index in [2.05, 4.69) is 10.2 Å². The highest BCUT2D eigenvalue weighted by Crippen LogP contribution is 2.19. The van der Waals surface area contributed by atoms with Crippen LogP contribution in [-0.4, -0.2) is 31.6 Å². The Hall–Kier alpha value is -1.89. The van der Waals surface area contributed by atoms with Gasteiger partial charge in [0.15, 0.2) is 5.16 Å². The van der Waals surface area contributed by atoms with Crippen LogP contribution in [0.2, 0.25) is 0 Å². The van der Waals surface area contributed by atoms with Gasteiger partial charge in [-0.05, 0) is 24.1 Å². The minimum atomic E-state index is -0.883. The van der Waals surface area contributed by atoms with Crippen molar-refractivity contribution in [3.05, 3.63) is 41.5 Å². The first-order chi connectivity index (χ1) is 10.1. The Kier molecular flexibility index (Phi) is 5.32. The number of benzene rings is 1. The molecule has 0 aliphatic carbocycles. The highest BCUT2D eigenvalue weighted by Gasteiger charge is 2.13. The van der Waals surface area contributed by atoms with Crippen molar-refractivity contribution in [1.82, 2.24) is 14.8 Å². The molecule has 0 saturated carbocycles. The van der Waals surface area contributed by atoms with Crippen molar-refractivity contribution in [1.29, 1.82) is 0 Å². The molecule has 7 heteroatoms. The Labute approximate surface area is 126 Å². The molecule has 0 unspecified atom stereocenters. The maximum Gasteiger partial charge on any atom is 0.313 e. The number of carboxylic acid groups (broad SMARTS) is 1. The highest BCUT2D eigenvalue weighted by molar-refractivity contribution is 7.99. The van der Waals surface area contributed by atoms with Crippen molar-refractivity contribution in [2.45, 2.75) is 31.5 Å². The van der Waals surface area contributed by atoms with Gasteiger partial charge in [0.05, 0.1) is 5.75 Å². The van der Waals surface area contributed by atoms with E-state index in [0.717, 1.165) is 36.1 Å². The van der Waals surface area contributed by atoms with Crippen molar-refractivity contribution in [2.24, 2.45) is 0 Å². The zero-order valence-electron chi connectivity index (χ0n) is 11.6. The summed E-state index contributed by atoms with van der Waals surface area (Å²) in [5.41, 5.74) is 0.941. The lowest BCUT2D eigenvalue weighted by molar-refractivity contribution is -0.133. The van der Waals surface area contributed by atoms with Crippen molar-refractivity contribution in [3.63, 3.8) is 0 Å². The zero-order chi connectivity index (χ0) is 15.2. The standard InChI is InChI=1S/C14H16FN3O2S/c1-2-7-18-12(8-10-3-5-11(15)6-4-10)16-17-14(18)21-9-13(19)20/h3-6H,2,7-9H2,1H3,(H,19,20). The molecule has 0 spiro atoms. The molecule has 112 valence electrons. The van der Waals surface area contributed by atoms with E-state index in [1.807, 2.05) is 11.5 Å². The molecule has 0 radical (unpaired) electrons. The van der Waals surface area contributed by atoms with Crippen molar-refractivity contribution in [2.75, 3.05) is 5.75 Å². The quantitative estimate of drug-likeness (QED) is 0.796. The third kappa shape index (κ3) is 4.29. The summed E-state index contributed by atoms with van der Waals surface area (Å²) in [7, 11) is 0. The van der Waals surface area contributed by atoms with Gasteiger partial charge in [0.1, 0.15) is 11.6 Å². The van der Waals surface area contributed by atoms with Gasteiger partial charge in [-0.25, -0.2) is 4.39 Å². The molecule has 0 atom stereocenters. The molecular formula is C14H16FN3O2S. The van der Waals surface area contributed by atoms with Crippen LogP contribution >= 0.6 is 11.8 Å². The summed E-state index contributed by atoms with van der Waals surface area (Å²) in [5.74, 6) is -0.438. The van der Waals surface area contributed by atoms with Crippen LogP contribution in [-0.2, 0) is 17.8 Å². The Bertz CT molecular complexity index is 613. The summed E-state index contributed by atoms with van der Waals surface area (Å²) < 4.78 is 14.8. The van der Waals surface area contributed by atoms with E-state index in [-0.39, 0.29) is 11.6 Å². The number of carboxylic acids is 1. The molecule has 0 aliphatic heterocycles. The van der Waals surface area contributed by atoms with Gasteiger partial charge in [-0.1, -0.05) is 30.8 Å². The van der Waals surface area contributed by atoms with E-state index < -0.39 is 5.97 Å². The monoisotopic (exact) mass is 309 g/mol. The molecule has 1 aromatic carbocycles. The lowest BCUT2D eigenvalue weighted by Gasteiger charge is -2.08. The molecule has 1 aromatic heterocycles. The number of carbonyl (C=O) groups is 1. The van der Waals surface area contributed by atoms with E-state index >= 15 is 0 Å². The van der Waals surface area contributed by atoms with E-state index in [0.29, 0.717) is 11.6 Å². The van der Waals surface area contributed by atoms with Crippen LogP contribution < -0.4 is 0 Å². The van der Waals surface area contributed by atoms with E-state index in [1.54, 1.807) is 12.1 Å². The van der Waals surface area contributed by atoms with Crippen molar-refractivity contribution in [3.8, 4) is 0 Å². The summed E-state index contributed by atoms with van der Waals surface area (Å²) in [6.45, 7) is 2.76. The van der Waals surface area contributed by atoms with Gasteiger partial charge in [0.25, 0.3) is 0 Å². The van der Waals surface area contributed by atoms with E-state index in [4.69, 9.17) is 5.11 Å². The molecule has 0 fully saturated rings. The number of aromatic nitrogens is 3. The number of rotatable bonds is 7. The van der Waals surface area contributed by atoms with Crippen LogP contribution in [0, 0.1) is 5.82 Å². The number of halogens is 1. The third-order valence-electron chi connectivity index (χ3n) is 2.84. The first-order valence-corrected chi connectivity index (χ1v) is 7.59. The second-order valence-corrected chi connectivity index (χ2v) is 5.48. The third-order valence-corrected chi connectivity index (χ3v) is 3.79. The Morgan fingerprint density at radius 1 is 1.33 bits per heavy atom. The Morgan fingerprint density at radius 3 is 2.67 bits per heavy atom. The fourth-order valence-electron chi connectivity index (χ4n) is 1.92. The van der Waals surface area contributed by atoms with Crippen LogP contribution in [0.4, 0.5) is 4.39 Å². The number of aliphatic carboxylic acids is 1. The van der Waals surface area contributed by atoms with Gasteiger partial charge in [-0.15, -0.1) is 10.2 Å². The largest absolute Gasteiger partial charge is 0.481 e. The van der Waals surface area contributed by atoms with Gasteiger partial charge in [-0.2, -0.15) is 0 Å². The number of thioether (sulfide) groups is 1. The molecule has 0 saturated heterocycles. The molecule has 0 amide bonds. The average molecular weight is 309 g/mol. The second kappa shape index (κ2) is 7.21. The predicted molar refractivity (Wildman–Crippen MR) is 77.9 cm³/mol. The molecule has 1 heterocycles. The Morgan fingerprint density at radius 2 is 2.05 bits per heavy atom. The maximum atomic E-state index is 12.9. The van der Waals surface area contributed by atoms with Gasteiger partial charge in [0, 0.05) is 13.0 Å². The molecule has 2 aromatic rings.